The van der Waals surface area contributed by atoms with Crippen LogP contribution in [0.1, 0.15) is 40.9 Å². The third-order valence-corrected chi connectivity index (χ3v) is 4.77. The lowest BCUT2D eigenvalue weighted by Gasteiger charge is -2.15. The van der Waals surface area contributed by atoms with E-state index < -0.39 is 0 Å². The van der Waals surface area contributed by atoms with Crippen molar-refractivity contribution >= 4 is 27.5 Å². The molecule has 0 aliphatic carbocycles. The van der Waals surface area contributed by atoms with Gasteiger partial charge in [-0.3, -0.25) is 0 Å². The molecule has 0 saturated carbocycles. The van der Waals surface area contributed by atoms with E-state index >= 15 is 0 Å². The molecule has 106 valence electrons. The molecule has 0 spiro atoms. The zero-order chi connectivity index (χ0) is 14.7. The van der Waals surface area contributed by atoms with Crippen molar-refractivity contribution in [3.63, 3.8) is 0 Å². The van der Waals surface area contributed by atoms with Crippen molar-refractivity contribution in [1.82, 2.24) is 0 Å². The van der Waals surface area contributed by atoms with Crippen LogP contribution in [0.5, 0.6) is 0 Å². The van der Waals surface area contributed by atoms with Crippen molar-refractivity contribution in [2.24, 2.45) is 0 Å². The fourth-order valence-corrected chi connectivity index (χ4v) is 3.18. The Balaban J connectivity index is 2.42. The van der Waals surface area contributed by atoms with Crippen LogP contribution < -0.4 is 0 Å². The highest BCUT2D eigenvalue weighted by atomic mass is 79.9. The molecular formula is C17H17BrClF. The standard InChI is InChI=1S/C17H17BrClF/c1-3-11-5-6-13(9-12(11)4-2)17(18)15-10-14(19)7-8-16(15)20/h5-10,17H,3-4H2,1-2H3. The predicted molar refractivity (Wildman–Crippen MR) is 87.4 cm³/mol. The van der Waals surface area contributed by atoms with Crippen LogP contribution in [0.25, 0.3) is 0 Å². The molecule has 0 aromatic heterocycles. The van der Waals surface area contributed by atoms with E-state index in [2.05, 4.69) is 48.0 Å². The zero-order valence-electron chi connectivity index (χ0n) is 11.6. The summed E-state index contributed by atoms with van der Waals surface area (Å²) in [6.45, 7) is 4.29. The third-order valence-electron chi connectivity index (χ3n) is 3.52. The molecule has 20 heavy (non-hydrogen) atoms. The average molecular weight is 356 g/mol. The molecule has 3 heteroatoms. The molecule has 2 aromatic carbocycles. The first kappa shape index (κ1) is 15.5. The van der Waals surface area contributed by atoms with Crippen molar-refractivity contribution in [1.29, 1.82) is 0 Å². The number of halogens is 3. The van der Waals surface area contributed by atoms with Gasteiger partial charge in [0.2, 0.25) is 0 Å². The second-order valence-corrected chi connectivity index (χ2v) is 6.12. The van der Waals surface area contributed by atoms with Crippen LogP contribution >= 0.6 is 27.5 Å². The number of benzene rings is 2. The Kier molecular flexibility index (Phi) is 5.22. The molecule has 0 fully saturated rings. The summed E-state index contributed by atoms with van der Waals surface area (Å²) < 4.78 is 13.9. The summed E-state index contributed by atoms with van der Waals surface area (Å²) in [5.41, 5.74) is 4.29. The molecule has 2 aromatic rings. The molecule has 0 aliphatic rings. The van der Waals surface area contributed by atoms with Gasteiger partial charge in [-0.2, -0.15) is 0 Å². The Morgan fingerprint density at radius 1 is 1.05 bits per heavy atom. The summed E-state index contributed by atoms with van der Waals surface area (Å²) in [5, 5.41) is 0.548. The van der Waals surface area contributed by atoms with Crippen LogP contribution in [0.4, 0.5) is 4.39 Å². The van der Waals surface area contributed by atoms with Gasteiger partial charge in [0, 0.05) is 10.6 Å². The van der Waals surface area contributed by atoms with Gasteiger partial charge in [0.25, 0.3) is 0 Å². The van der Waals surface area contributed by atoms with Gasteiger partial charge in [-0.25, -0.2) is 4.39 Å². The van der Waals surface area contributed by atoms with Gasteiger partial charge in [-0.05, 0) is 47.7 Å². The lowest BCUT2D eigenvalue weighted by Crippen LogP contribution is -1.99. The molecule has 0 aliphatic heterocycles. The average Bonchev–Trinajstić information content (AvgIpc) is 2.48. The highest BCUT2D eigenvalue weighted by Crippen LogP contribution is 2.34. The Morgan fingerprint density at radius 3 is 2.40 bits per heavy atom. The van der Waals surface area contributed by atoms with Crippen molar-refractivity contribution in [2.45, 2.75) is 31.5 Å². The highest BCUT2D eigenvalue weighted by Gasteiger charge is 2.16. The molecule has 0 saturated heterocycles. The molecule has 1 atom stereocenters. The molecule has 0 N–H and O–H groups in total. The van der Waals surface area contributed by atoms with Gasteiger partial charge >= 0.3 is 0 Å². The van der Waals surface area contributed by atoms with E-state index in [0.29, 0.717) is 10.6 Å². The zero-order valence-corrected chi connectivity index (χ0v) is 13.9. The van der Waals surface area contributed by atoms with E-state index in [1.807, 2.05) is 0 Å². The van der Waals surface area contributed by atoms with Gasteiger partial charge < -0.3 is 0 Å². The molecule has 0 radical (unpaired) electrons. The quantitative estimate of drug-likeness (QED) is 0.582. The molecule has 0 amide bonds. The maximum Gasteiger partial charge on any atom is 0.127 e. The first-order valence-electron chi connectivity index (χ1n) is 6.77. The van der Waals surface area contributed by atoms with Crippen molar-refractivity contribution in [3.8, 4) is 0 Å². The van der Waals surface area contributed by atoms with Crippen LogP contribution in [0.3, 0.4) is 0 Å². The Labute approximate surface area is 133 Å². The van der Waals surface area contributed by atoms with E-state index in [1.165, 1.54) is 17.2 Å². The van der Waals surface area contributed by atoms with Crippen molar-refractivity contribution < 1.29 is 4.39 Å². The molecule has 2 rings (SSSR count). The lowest BCUT2D eigenvalue weighted by molar-refractivity contribution is 0.613. The summed E-state index contributed by atoms with van der Waals surface area (Å²) in [5.74, 6) is -0.242. The van der Waals surface area contributed by atoms with Crippen LogP contribution in [-0.4, -0.2) is 0 Å². The van der Waals surface area contributed by atoms with Crippen LogP contribution in [0, 0.1) is 5.82 Å². The summed E-state index contributed by atoms with van der Waals surface area (Å²) in [7, 11) is 0. The summed E-state index contributed by atoms with van der Waals surface area (Å²) >= 11 is 9.56. The maximum atomic E-state index is 13.9. The largest absolute Gasteiger partial charge is 0.207 e. The van der Waals surface area contributed by atoms with Crippen LogP contribution in [-0.2, 0) is 12.8 Å². The first-order valence-corrected chi connectivity index (χ1v) is 8.06. The topological polar surface area (TPSA) is 0 Å². The number of aryl methyl sites for hydroxylation is 2. The van der Waals surface area contributed by atoms with Crippen molar-refractivity contribution in [2.75, 3.05) is 0 Å². The van der Waals surface area contributed by atoms with Crippen LogP contribution in [0.2, 0.25) is 5.02 Å². The number of hydrogen-bond donors (Lipinski definition) is 0. The number of hydrogen-bond acceptors (Lipinski definition) is 0. The Bertz CT molecular complexity index is 610. The van der Waals surface area contributed by atoms with E-state index in [0.717, 1.165) is 18.4 Å². The van der Waals surface area contributed by atoms with Gasteiger partial charge in [0.15, 0.2) is 0 Å². The fraction of sp³-hybridized carbons (Fsp3) is 0.294. The minimum Gasteiger partial charge on any atom is -0.207 e. The van der Waals surface area contributed by atoms with Gasteiger partial charge in [0.05, 0.1) is 4.83 Å². The highest BCUT2D eigenvalue weighted by molar-refractivity contribution is 9.09. The lowest BCUT2D eigenvalue weighted by atomic mass is 9.96. The predicted octanol–water partition coefficient (Wildman–Crippen LogP) is 6.09. The van der Waals surface area contributed by atoms with Crippen molar-refractivity contribution in [3.05, 3.63) is 69.5 Å². The summed E-state index contributed by atoms with van der Waals surface area (Å²) in [6, 6.07) is 11.0. The molecule has 0 heterocycles. The van der Waals surface area contributed by atoms with E-state index in [9.17, 15) is 4.39 Å². The Morgan fingerprint density at radius 2 is 1.75 bits per heavy atom. The Hall–Kier alpha value is -0.860. The third kappa shape index (κ3) is 3.24. The second-order valence-electron chi connectivity index (χ2n) is 4.76. The maximum absolute atomic E-state index is 13.9. The number of alkyl halides is 1. The molecule has 0 bridgehead atoms. The molecular weight excluding hydrogens is 339 g/mol. The second kappa shape index (κ2) is 6.73. The van der Waals surface area contributed by atoms with Gasteiger partial charge in [-0.1, -0.05) is 59.6 Å². The minimum atomic E-state index is -0.242. The van der Waals surface area contributed by atoms with Crippen LogP contribution in [0.15, 0.2) is 36.4 Å². The first-order chi connectivity index (χ1) is 9.56. The monoisotopic (exact) mass is 354 g/mol. The van der Waals surface area contributed by atoms with E-state index in [-0.39, 0.29) is 10.6 Å². The van der Waals surface area contributed by atoms with Gasteiger partial charge in [-0.15, -0.1) is 0 Å². The molecule has 0 nitrogen and oxygen atoms in total. The van der Waals surface area contributed by atoms with E-state index in [1.54, 1.807) is 12.1 Å². The van der Waals surface area contributed by atoms with E-state index in [4.69, 9.17) is 11.6 Å². The smallest absolute Gasteiger partial charge is 0.127 e. The summed E-state index contributed by atoms with van der Waals surface area (Å²) in [4.78, 5) is -0.183. The minimum absolute atomic E-state index is 0.183. The fourth-order valence-electron chi connectivity index (χ4n) is 2.37. The SMILES string of the molecule is CCc1ccc(C(Br)c2cc(Cl)ccc2F)cc1CC. The summed E-state index contributed by atoms with van der Waals surface area (Å²) in [6.07, 6.45) is 2.00. The number of rotatable bonds is 4. The normalized spacial score (nSPS) is 12.4. The van der Waals surface area contributed by atoms with Gasteiger partial charge in [0.1, 0.15) is 5.82 Å². The molecule has 1 unspecified atom stereocenters.